The molecule has 9 heteroatoms. The van der Waals surface area contributed by atoms with Crippen molar-refractivity contribution < 1.29 is 17.6 Å². The lowest BCUT2D eigenvalue weighted by molar-refractivity contribution is -0.143. The van der Waals surface area contributed by atoms with Gasteiger partial charge in [0.15, 0.2) is 0 Å². The van der Waals surface area contributed by atoms with Crippen LogP contribution in [0.2, 0.25) is 5.02 Å². The van der Waals surface area contributed by atoms with E-state index in [9.17, 15) is 13.2 Å². The topological polar surface area (TPSA) is 54.2 Å². The van der Waals surface area contributed by atoms with Crippen LogP contribution in [0.5, 0.6) is 0 Å². The Balaban J connectivity index is 1.60. The molecule has 23 heavy (non-hydrogen) atoms. The number of rotatable bonds is 4. The number of nitrogens with zero attached hydrogens (tertiary/aromatic N) is 3. The van der Waals surface area contributed by atoms with Gasteiger partial charge in [0, 0.05) is 29.7 Å². The third-order valence-corrected chi connectivity index (χ3v) is 3.73. The molecule has 0 radical (unpaired) electrons. The molecule has 0 aliphatic carbocycles. The van der Waals surface area contributed by atoms with Crippen LogP contribution in [-0.4, -0.2) is 46.9 Å². The number of anilines is 1. The van der Waals surface area contributed by atoms with Crippen molar-refractivity contribution in [2.75, 3.05) is 25.0 Å². The van der Waals surface area contributed by atoms with E-state index >= 15 is 0 Å². The lowest BCUT2D eigenvalue weighted by Gasteiger charge is -2.17. The molecule has 0 amide bonds. The Morgan fingerprint density at radius 1 is 1.35 bits per heavy atom. The molecule has 1 aromatic carbocycles. The second-order valence-electron chi connectivity index (χ2n) is 5.40. The summed E-state index contributed by atoms with van der Waals surface area (Å²) in [6.07, 6.45) is -3.59. The molecule has 1 fully saturated rings. The summed E-state index contributed by atoms with van der Waals surface area (Å²) in [5.74, 6) is 0.306. The van der Waals surface area contributed by atoms with Crippen molar-refractivity contribution in [1.29, 1.82) is 0 Å². The highest BCUT2D eigenvalue weighted by atomic mass is 35.5. The van der Waals surface area contributed by atoms with Gasteiger partial charge in [-0.2, -0.15) is 13.2 Å². The van der Waals surface area contributed by atoms with E-state index in [1.165, 1.54) is 4.90 Å². The highest BCUT2D eigenvalue weighted by Gasteiger charge is 2.34. The van der Waals surface area contributed by atoms with Crippen molar-refractivity contribution in [1.82, 2.24) is 15.1 Å². The van der Waals surface area contributed by atoms with Gasteiger partial charge in [0.25, 0.3) is 0 Å². The Morgan fingerprint density at radius 3 is 2.91 bits per heavy atom. The van der Waals surface area contributed by atoms with Crippen LogP contribution in [0.25, 0.3) is 11.5 Å². The molecule has 2 heterocycles. The van der Waals surface area contributed by atoms with Gasteiger partial charge < -0.3 is 9.73 Å². The maximum absolute atomic E-state index is 12.4. The summed E-state index contributed by atoms with van der Waals surface area (Å²) in [4.78, 5) is 1.35. The Hall–Kier alpha value is -1.80. The first-order chi connectivity index (χ1) is 10.9. The average molecular weight is 347 g/mol. The highest BCUT2D eigenvalue weighted by molar-refractivity contribution is 6.30. The minimum absolute atomic E-state index is 0.148. The molecule has 0 bridgehead atoms. The number of hydrogen-bond donors (Lipinski definition) is 1. The third-order valence-electron chi connectivity index (χ3n) is 3.50. The van der Waals surface area contributed by atoms with Gasteiger partial charge in [-0.1, -0.05) is 22.8 Å². The first-order valence-electron chi connectivity index (χ1n) is 7.04. The van der Waals surface area contributed by atoms with Crippen molar-refractivity contribution >= 4 is 17.6 Å². The molecular formula is C14H14ClF3N4O. The summed E-state index contributed by atoms with van der Waals surface area (Å²) in [5, 5.41) is 11.3. The van der Waals surface area contributed by atoms with Crippen LogP contribution in [0.3, 0.4) is 0 Å². The summed E-state index contributed by atoms with van der Waals surface area (Å²) in [7, 11) is 0. The number of aromatic nitrogens is 2. The van der Waals surface area contributed by atoms with Crippen molar-refractivity contribution in [3.63, 3.8) is 0 Å². The minimum atomic E-state index is -4.18. The van der Waals surface area contributed by atoms with Crippen LogP contribution < -0.4 is 5.32 Å². The van der Waals surface area contributed by atoms with E-state index in [1.54, 1.807) is 24.3 Å². The predicted octanol–water partition coefficient (Wildman–Crippen LogP) is 3.44. The van der Waals surface area contributed by atoms with Crippen LogP contribution >= 0.6 is 11.6 Å². The maximum atomic E-state index is 12.4. The Morgan fingerprint density at radius 2 is 2.17 bits per heavy atom. The Bertz CT molecular complexity index is 676. The van der Waals surface area contributed by atoms with E-state index < -0.39 is 12.7 Å². The van der Waals surface area contributed by atoms with Gasteiger partial charge in [0.2, 0.25) is 5.89 Å². The molecule has 124 valence electrons. The molecule has 1 aliphatic heterocycles. The van der Waals surface area contributed by atoms with Crippen LogP contribution in [0.1, 0.15) is 6.42 Å². The predicted molar refractivity (Wildman–Crippen MR) is 79.3 cm³/mol. The molecule has 1 atom stereocenters. The highest BCUT2D eigenvalue weighted by Crippen LogP contribution is 2.25. The molecule has 5 nitrogen and oxygen atoms in total. The van der Waals surface area contributed by atoms with Gasteiger partial charge in [-0.05, 0) is 24.6 Å². The lowest BCUT2D eigenvalue weighted by atomic mass is 10.2. The molecule has 0 saturated carbocycles. The molecule has 1 N–H and O–H groups in total. The van der Waals surface area contributed by atoms with E-state index in [4.69, 9.17) is 16.0 Å². The minimum Gasteiger partial charge on any atom is -0.403 e. The summed E-state index contributed by atoms with van der Waals surface area (Å²) < 4.78 is 42.6. The molecular weight excluding hydrogens is 333 g/mol. The SMILES string of the molecule is FC(F)(F)CN1CCC(Nc2nnc(-c3cccc(Cl)c3)o2)C1. The van der Waals surface area contributed by atoms with E-state index in [-0.39, 0.29) is 18.6 Å². The molecule has 1 aromatic heterocycles. The van der Waals surface area contributed by atoms with Gasteiger partial charge >= 0.3 is 12.2 Å². The number of benzene rings is 1. The fourth-order valence-corrected chi connectivity index (χ4v) is 2.73. The first-order valence-corrected chi connectivity index (χ1v) is 7.42. The summed E-state index contributed by atoms with van der Waals surface area (Å²) >= 11 is 5.90. The third kappa shape index (κ3) is 4.35. The number of halogens is 4. The van der Waals surface area contributed by atoms with Crippen molar-refractivity contribution in [2.45, 2.75) is 18.6 Å². The zero-order chi connectivity index (χ0) is 16.4. The second-order valence-corrected chi connectivity index (χ2v) is 5.84. The smallest absolute Gasteiger partial charge is 0.401 e. The maximum Gasteiger partial charge on any atom is 0.401 e. The monoisotopic (exact) mass is 346 g/mol. The zero-order valence-corrected chi connectivity index (χ0v) is 12.7. The molecule has 1 unspecified atom stereocenters. The second kappa shape index (κ2) is 6.37. The van der Waals surface area contributed by atoms with Gasteiger partial charge in [-0.3, -0.25) is 4.90 Å². The molecule has 1 saturated heterocycles. The van der Waals surface area contributed by atoms with Crippen LogP contribution in [0.15, 0.2) is 28.7 Å². The van der Waals surface area contributed by atoms with Gasteiger partial charge in [0.05, 0.1) is 6.54 Å². The summed E-state index contributed by atoms with van der Waals surface area (Å²) in [6, 6.07) is 7.02. The van der Waals surface area contributed by atoms with Gasteiger partial charge in [-0.25, -0.2) is 0 Å². The zero-order valence-electron chi connectivity index (χ0n) is 12.0. The fourth-order valence-electron chi connectivity index (χ4n) is 2.54. The van der Waals surface area contributed by atoms with Crippen molar-refractivity contribution in [2.24, 2.45) is 0 Å². The Labute approximate surface area is 135 Å². The molecule has 2 aromatic rings. The lowest BCUT2D eigenvalue weighted by Crippen LogP contribution is -2.34. The first kappa shape index (κ1) is 16.1. The van der Waals surface area contributed by atoms with Crippen LogP contribution in [-0.2, 0) is 0 Å². The largest absolute Gasteiger partial charge is 0.403 e. The number of nitrogens with one attached hydrogen (secondary N) is 1. The molecule has 1 aliphatic rings. The van der Waals surface area contributed by atoms with Gasteiger partial charge in [-0.15, -0.1) is 5.10 Å². The van der Waals surface area contributed by atoms with E-state index in [0.717, 1.165) is 0 Å². The standard InChI is InChI=1S/C14H14ClF3N4O/c15-10-3-1-2-9(6-10)12-20-21-13(23-12)19-11-4-5-22(7-11)8-14(16,17)18/h1-3,6,11H,4-5,7-8H2,(H,19,21). The number of likely N-dealkylation sites (tertiary alicyclic amines) is 1. The van der Waals surface area contributed by atoms with Crippen molar-refractivity contribution in [3.8, 4) is 11.5 Å². The van der Waals surface area contributed by atoms with Crippen LogP contribution in [0.4, 0.5) is 19.2 Å². The molecule has 3 rings (SSSR count). The van der Waals surface area contributed by atoms with E-state index in [0.29, 0.717) is 29.4 Å². The summed E-state index contributed by atoms with van der Waals surface area (Å²) in [5.41, 5.74) is 0.683. The van der Waals surface area contributed by atoms with Gasteiger partial charge in [0.1, 0.15) is 0 Å². The summed E-state index contributed by atoms with van der Waals surface area (Å²) in [6.45, 7) is -0.233. The van der Waals surface area contributed by atoms with E-state index in [2.05, 4.69) is 15.5 Å². The Kier molecular flexibility index (Phi) is 4.45. The normalized spacial score (nSPS) is 19.2. The molecule has 0 spiro atoms. The van der Waals surface area contributed by atoms with Crippen molar-refractivity contribution in [3.05, 3.63) is 29.3 Å². The number of hydrogen-bond acceptors (Lipinski definition) is 5. The van der Waals surface area contributed by atoms with E-state index in [1.807, 2.05) is 0 Å². The quantitative estimate of drug-likeness (QED) is 0.919. The number of alkyl halides is 3. The fraction of sp³-hybridized carbons (Fsp3) is 0.429. The van der Waals surface area contributed by atoms with Crippen LogP contribution in [0, 0.1) is 0 Å². The average Bonchev–Trinajstić information content (AvgIpc) is 3.07.